The maximum Gasteiger partial charge on any atom is 0.256 e. The monoisotopic (exact) mass is 478 g/mol. The number of anilines is 1. The molecule has 7 nitrogen and oxygen atoms in total. The first kappa shape index (κ1) is 23.2. The number of para-hydroxylation sites is 1. The molecular weight excluding hydrogens is 456 g/mol. The molecule has 1 amide bonds. The number of ether oxygens (including phenoxy) is 4. The standard InChI is InChI=1S/C26H23ClN2O5/c1-31-15-9-10-23(32-2)18(11-15)21-12-17(16-7-5-6-8-20(16)28-21)26(30)29-22-13-19(27)24(33-3)14-25(22)34-4/h5-14H,1-4H3,(H,29,30). The Morgan fingerprint density at radius 1 is 0.824 bits per heavy atom. The van der Waals surface area contributed by atoms with Crippen LogP contribution in [0.3, 0.4) is 0 Å². The Kier molecular flexibility index (Phi) is 6.75. The van der Waals surface area contributed by atoms with Gasteiger partial charge in [0.05, 0.1) is 55.9 Å². The molecule has 0 atom stereocenters. The number of fused-ring (bicyclic) bond motifs is 1. The molecule has 1 N–H and O–H groups in total. The number of aromatic nitrogens is 1. The summed E-state index contributed by atoms with van der Waals surface area (Å²) in [6, 6.07) is 17.8. The van der Waals surface area contributed by atoms with Crippen molar-refractivity contribution in [2.24, 2.45) is 0 Å². The minimum atomic E-state index is -0.346. The van der Waals surface area contributed by atoms with Crippen molar-refractivity contribution in [3.63, 3.8) is 0 Å². The third-order valence-electron chi connectivity index (χ3n) is 5.37. The Bertz CT molecular complexity index is 1370. The van der Waals surface area contributed by atoms with E-state index in [1.54, 1.807) is 44.6 Å². The van der Waals surface area contributed by atoms with Crippen molar-refractivity contribution >= 4 is 34.1 Å². The Morgan fingerprint density at radius 3 is 2.26 bits per heavy atom. The highest BCUT2D eigenvalue weighted by molar-refractivity contribution is 6.32. The summed E-state index contributed by atoms with van der Waals surface area (Å²) >= 11 is 6.28. The van der Waals surface area contributed by atoms with Crippen molar-refractivity contribution in [1.29, 1.82) is 0 Å². The summed E-state index contributed by atoms with van der Waals surface area (Å²) in [6.45, 7) is 0. The summed E-state index contributed by atoms with van der Waals surface area (Å²) in [5, 5.41) is 3.95. The third kappa shape index (κ3) is 4.43. The van der Waals surface area contributed by atoms with Gasteiger partial charge in [0.1, 0.15) is 23.0 Å². The lowest BCUT2D eigenvalue weighted by Gasteiger charge is -2.15. The van der Waals surface area contributed by atoms with Gasteiger partial charge in [0.25, 0.3) is 5.91 Å². The normalized spacial score (nSPS) is 10.6. The number of carbonyl (C=O) groups excluding carboxylic acids is 1. The number of amides is 1. The minimum absolute atomic E-state index is 0.346. The first-order chi connectivity index (χ1) is 16.5. The van der Waals surface area contributed by atoms with E-state index in [9.17, 15) is 4.79 Å². The predicted octanol–water partition coefficient (Wildman–Crippen LogP) is 5.84. The van der Waals surface area contributed by atoms with Crippen LogP contribution in [0.1, 0.15) is 10.4 Å². The maximum atomic E-state index is 13.5. The predicted molar refractivity (Wildman–Crippen MR) is 133 cm³/mol. The van der Waals surface area contributed by atoms with E-state index in [1.807, 2.05) is 30.3 Å². The van der Waals surface area contributed by atoms with Crippen LogP contribution in [0.2, 0.25) is 5.02 Å². The van der Waals surface area contributed by atoms with E-state index in [2.05, 4.69) is 5.32 Å². The quantitative estimate of drug-likeness (QED) is 0.359. The van der Waals surface area contributed by atoms with Crippen LogP contribution in [-0.4, -0.2) is 39.3 Å². The van der Waals surface area contributed by atoms with E-state index in [4.69, 9.17) is 35.5 Å². The average molecular weight is 479 g/mol. The van der Waals surface area contributed by atoms with Crippen LogP contribution >= 0.6 is 11.6 Å². The van der Waals surface area contributed by atoms with E-state index in [1.165, 1.54) is 14.2 Å². The van der Waals surface area contributed by atoms with Crippen LogP contribution < -0.4 is 24.3 Å². The second-order valence-corrected chi connectivity index (χ2v) is 7.69. The van der Waals surface area contributed by atoms with Gasteiger partial charge < -0.3 is 24.3 Å². The van der Waals surface area contributed by atoms with Gasteiger partial charge in [-0.1, -0.05) is 29.8 Å². The van der Waals surface area contributed by atoms with E-state index in [0.29, 0.717) is 61.4 Å². The Labute approximate surface area is 202 Å². The van der Waals surface area contributed by atoms with Crippen molar-refractivity contribution in [3.05, 3.63) is 71.2 Å². The number of hydrogen-bond acceptors (Lipinski definition) is 6. The maximum absolute atomic E-state index is 13.5. The van der Waals surface area contributed by atoms with Crippen molar-refractivity contribution in [1.82, 2.24) is 4.98 Å². The highest BCUT2D eigenvalue weighted by Gasteiger charge is 2.19. The fourth-order valence-electron chi connectivity index (χ4n) is 3.66. The summed E-state index contributed by atoms with van der Waals surface area (Å²) in [4.78, 5) is 18.3. The van der Waals surface area contributed by atoms with Crippen LogP contribution in [0.25, 0.3) is 22.2 Å². The molecule has 4 rings (SSSR count). The molecule has 1 heterocycles. The van der Waals surface area contributed by atoms with Crippen LogP contribution in [-0.2, 0) is 0 Å². The zero-order chi connectivity index (χ0) is 24.2. The number of rotatable bonds is 7. The van der Waals surface area contributed by atoms with Crippen LogP contribution in [0.4, 0.5) is 5.69 Å². The Hall–Kier alpha value is -3.97. The van der Waals surface area contributed by atoms with E-state index in [0.717, 1.165) is 0 Å². The Morgan fingerprint density at radius 2 is 1.56 bits per heavy atom. The van der Waals surface area contributed by atoms with Gasteiger partial charge in [0.2, 0.25) is 0 Å². The molecule has 0 unspecified atom stereocenters. The van der Waals surface area contributed by atoms with Crippen molar-refractivity contribution in [3.8, 4) is 34.3 Å². The van der Waals surface area contributed by atoms with Crippen LogP contribution in [0.5, 0.6) is 23.0 Å². The SMILES string of the molecule is COc1ccc(OC)c(-c2cc(C(=O)Nc3cc(Cl)c(OC)cc3OC)c3ccccc3n2)c1. The average Bonchev–Trinajstić information content (AvgIpc) is 2.87. The number of carbonyl (C=O) groups is 1. The molecule has 0 radical (unpaired) electrons. The van der Waals surface area contributed by atoms with Gasteiger partial charge in [0.15, 0.2) is 0 Å². The molecule has 4 aromatic rings. The first-order valence-corrected chi connectivity index (χ1v) is 10.7. The van der Waals surface area contributed by atoms with Gasteiger partial charge in [-0.25, -0.2) is 4.98 Å². The van der Waals surface area contributed by atoms with Crippen molar-refractivity contribution in [2.45, 2.75) is 0 Å². The molecule has 0 spiro atoms. The molecule has 0 aliphatic rings. The van der Waals surface area contributed by atoms with E-state index in [-0.39, 0.29) is 5.91 Å². The number of pyridine rings is 1. The van der Waals surface area contributed by atoms with Gasteiger partial charge >= 0.3 is 0 Å². The molecule has 1 aromatic heterocycles. The number of methoxy groups -OCH3 is 4. The minimum Gasteiger partial charge on any atom is -0.497 e. The lowest BCUT2D eigenvalue weighted by atomic mass is 10.0. The molecule has 0 aliphatic carbocycles. The number of hydrogen-bond donors (Lipinski definition) is 1. The molecule has 0 aliphatic heterocycles. The number of benzene rings is 3. The van der Waals surface area contributed by atoms with Gasteiger partial charge in [-0.15, -0.1) is 0 Å². The molecule has 174 valence electrons. The third-order valence-corrected chi connectivity index (χ3v) is 5.66. The molecule has 0 fully saturated rings. The van der Waals surface area contributed by atoms with Crippen LogP contribution in [0.15, 0.2) is 60.7 Å². The van der Waals surface area contributed by atoms with E-state index < -0.39 is 0 Å². The fourth-order valence-corrected chi connectivity index (χ4v) is 3.90. The molecule has 0 saturated heterocycles. The summed E-state index contributed by atoms with van der Waals surface area (Å²) in [6.07, 6.45) is 0. The second kappa shape index (κ2) is 9.89. The second-order valence-electron chi connectivity index (χ2n) is 7.28. The van der Waals surface area contributed by atoms with Crippen LogP contribution in [0, 0.1) is 0 Å². The molecule has 34 heavy (non-hydrogen) atoms. The lowest BCUT2D eigenvalue weighted by molar-refractivity contribution is 0.102. The van der Waals surface area contributed by atoms with Gasteiger partial charge in [0, 0.05) is 17.0 Å². The summed E-state index contributed by atoms with van der Waals surface area (Å²) in [5.74, 6) is 1.77. The molecule has 0 bridgehead atoms. The lowest BCUT2D eigenvalue weighted by Crippen LogP contribution is -2.14. The van der Waals surface area contributed by atoms with E-state index >= 15 is 0 Å². The largest absolute Gasteiger partial charge is 0.497 e. The first-order valence-electron chi connectivity index (χ1n) is 10.3. The number of nitrogens with zero attached hydrogens (tertiary/aromatic N) is 1. The van der Waals surface area contributed by atoms with Crippen molar-refractivity contribution < 1.29 is 23.7 Å². The summed E-state index contributed by atoms with van der Waals surface area (Å²) in [5.41, 5.74) is 2.78. The number of nitrogens with one attached hydrogen (secondary N) is 1. The molecule has 0 saturated carbocycles. The smallest absolute Gasteiger partial charge is 0.256 e. The van der Waals surface area contributed by atoms with Gasteiger partial charge in [-0.3, -0.25) is 4.79 Å². The number of halogens is 1. The van der Waals surface area contributed by atoms with Gasteiger partial charge in [-0.2, -0.15) is 0 Å². The molecule has 8 heteroatoms. The highest BCUT2D eigenvalue weighted by atomic mass is 35.5. The zero-order valence-corrected chi connectivity index (χ0v) is 19.9. The fraction of sp³-hybridized carbons (Fsp3) is 0.154. The van der Waals surface area contributed by atoms with Gasteiger partial charge in [-0.05, 0) is 36.4 Å². The molecular formula is C26H23ClN2O5. The zero-order valence-electron chi connectivity index (χ0n) is 19.1. The summed E-state index contributed by atoms with van der Waals surface area (Å²) in [7, 11) is 6.19. The molecule has 3 aromatic carbocycles. The van der Waals surface area contributed by atoms with Crippen molar-refractivity contribution in [2.75, 3.05) is 33.8 Å². The topological polar surface area (TPSA) is 78.9 Å². The summed E-state index contributed by atoms with van der Waals surface area (Å²) < 4.78 is 21.6. The Balaban J connectivity index is 1.84. The highest BCUT2D eigenvalue weighted by Crippen LogP contribution is 2.37.